The lowest BCUT2D eigenvalue weighted by atomic mass is 10.1. The lowest BCUT2D eigenvalue weighted by Gasteiger charge is -2.29. The second kappa shape index (κ2) is 14.0. The fraction of sp³-hybridized carbons (Fsp3) is 0.259. The van der Waals surface area contributed by atoms with Crippen molar-refractivity contribution in [3.8, 4) is 0 Å². The molecule has 0 spiro atoms. The Kier molecular flexibility index (Phi) is 10.3. The van der Waals surface area contributed by atoms with E-state index in [9.17, 15) is 4.79 Å². The Hall–Kier alpha value is -3.32. The van der Waals surface area contributed by atoms with Crippen molar-refractivity contribution in [1.82, 2.24) is 0 Å². The van der Waals surface area contributed by atoms with Gasteiger partial charge in [-0.2, -0.15) is 0 Å². The monoisotopic (exact) mass is 447 g/mol. The molecule has 0 fully saturated rings. The first kappa shape index (κ1) is 24.3. The Morgan fingerprint density at radius 2 is 1.09 bits per heavy atom. The van der Waals surface area contributed by atoms with Crippen LogP contribution in [0.1, 0.15) is 16.7 Å². The SMILES string of the molecule is CO/N=C/[C@H](OCc1ccccc1)[C@@H](OCc1ccccc1)[C@@H](C=O)OCc1ccccc1. The minimum atomic E-state index is -0.877. The van der Waals surface area contributed by atoms with E-state index in [0.29, 0.717) is 6.61 Å². The lowest BCUT2D eigenvalue weighted by molar-refractivity contribution is -0.147. The fourth-order valence-electron chi connectivity index (χ4n) is 3.23. The molecule has 172 valence electrons. The summed E-state index contributed by atoms with van der Waals surface area (Å²) in [4.78, 5) is 17.0. The number of ether oxygens (including phenoxy) is 3. The Labute approximate surface area is 194 Å². The summed E-state index contributed by atoms with van der Waals surface area (Å²) in [6.07, 6.45) is -0.0501. The van der Waals surface area contributed by atoms with Gasteiger partial charge in [-0.3, -0.25) is 0 Å². The molecule has 3 atom stereocenters. The molecule has 6 heteroatoms. The standard InChI is InChI=1S/C27H29NO5/c1-30-28-17-25(31-19-22-11-5-2-6-12-22)27(33-21-24-15-9-4-10-16-24)26(18-29)32-20-23-13-7-3-8-14-23/h2-18,25-27H,19-21H2,1H3/b28-17+/t25-,26+,27+/m0/s1. The fourth-order valence-corrected chi connectivity index (χ4v) is 3.23. The van der Waals surface area contributed by atoms with E-state index in [-0.39, 0.29) is 13.2 Å². The van der Waals surface area contributed by atoms with Gasteiger partial charge in [-0.1, -0.05) is 96.2 Å². The van der Waals surface area contributed by atoms with Gasteiger partial charge in [-0.15, -0.1) is 0 Å². The van der Waals surface area contributed by atoms with Gasteiger partial charge in [-0.05, 0) is 16.7 Å². The third-order valence-electron chi connectivity index (χ3n) is 4.95. The normalized spacial score (nSPS) is 14.0. The van der Waals surface area contributed by atoms with Gasteiger partial charge in [0.05, 0.1) is 26.0 Å². The second-order valence-corrected chi connectivity index (χ2v) is 7.36. The van der Waals surface area contributed by atoms with Crippen LogP contribution in [0.3, 0.4) is 0 Å². The van der Waals surface area contributed by atoms with Gasteiger partial charge < -0.3 is 23.8 Å². The average Bonchev–Trinajstić information content (AvgIpc) is 2.88. The van der Waals surface area contributed by atoms with Crippen molar-refractivity contribution in [2.75, 3.05) is 7.11 Å². The molecule has 6 nitrogen and oxygen atoms in total. The van der Waals surface area contributed by atoms with Gasteiger partial charge >= 0.3 is 0 Å². The molecule has 0 aliphatic carbocycles. The third-order valence-corrected chi connectivity index (χ3v) is 4.95. The van der Waals surface area contributed by atoms with Crippen molar-refractivity contribution in [2.24, 2.45) is 5.16 Å². The Bertz CT molecular complexity index is 950. The number of nitrogens with zero attached hydrogens (tertiary/aromatic N) is 1. The summed E-state index contributed by atoms with van der Waals surface area (Å²) >= 11 is 0. The molecule has 0 aliphatic rings. The highest BCUT2D eigenvalue weighted by atomic mass is 16.6. The van der Waals surface area contributed by atoms with Crippen molar-refractivity contribution in [1.29, 1.82) is 0 Å². The third kappa shape index (κ3) is 8.27. The number of carbonyl (C=O) groups excluding carboxylic acids is 1. The molecule has 3 aromatic carbocycles. The van der Waals surface area contributed by atoms with Crippen LogP contribution in [-0.4, -0.2) is 37.9 Å². The van der Waals surface area contributed by atoms with Crippen molar-refractivity contribution < 1.29 is 23.8 Å². The molecule has 0 heterocycles. The number of hydrogen-bond donors (Lipinski definition) is 0. The molecule has 0 aliphatic heterocycles. The zero-order chi connectivity index (χ0) is 23.1. The lowest BCUT2D eigenvalue weighted by Crippen LogP contribution is -2.44. The molecule has 3 rings (SSSR count). The van der Waals surface area contributed by atoms with E-state index in [1.54, 1.807) is 0 Å². The van der Waals surface area contributed by atoms with Crippen LogP contribution >= 0.6 is 0 Å². The van der Waals surface area contributed by atoms with Crippen molar-refractivity contribution >= 4 is 12.5 Å². The first-order valence-corrected chi connectivity index (χ1v) is 10.8. The zero-order valence-corrected chi connectivity index (χ0v) is 18.7. The first-order chi connectivity index (χ1) is 16.3. The number of oxime groups is 1. The first-order valence-electron chi connectivity index (χ1n) is 10.8. The van der Waals surface area contributed by atoms with Crippen LogP contribution in [0.4, 0.5) is 0 Å². The van der Waals surface area contributed by atoms with Crippen molar-refractivity contribution in [3.05, 3.63) is 108 Å². The van der Waals surface area contributed by atoms with Gasteiger partial charge in [0.2, 0.25) is 0 Å². The highest BCUT2D eigenvalue weighted by molar-refractivity contribution is 5.66. The zero-order valence-electron chi connectivity index (χ0n) is 18.7. The number of hydrogen-bond acceptors (Lipinski definition) is 6. The van der Waals surface area contributed by atoms with Crippen LogP contribution in [0.5, 0.6) is 0 Å². The van der Waals surface area contributed by atoms with Gasteiger partial charge in [0.1, 0.15) is 25.4 Å². The quantitative estimate of drug-likeness (QED) is 0.206. The maximum absolute atomic E-state index is 12.1. The van der Waals surface area contributed by atoms with Crippen LogP contribution in [0.2, 0.25) is 0 Å². The van der Waals surface area contributed by atoms with E-state index in [1.807, 2.05) is 91.0 Å². The summed E-state index contributed by atoms with van der Waals surface area (Å²) in [5, 5.41) is 3.89. The summed E-state index contributed by atoms with van der Waals surface area (Å²) < 4.78 is 18.3. The van der Waals surface area contributed by atoms with E-state index in [4.69, 9.17) is 19.0 Å². The summed E-state index contributed by atoms with van der Waals surface area (Å²) in [6.45, 7) is 0.871. The Morgan fingerprint density at radius 1 is 0.667 bits per heavy atom. The molecule has 0 bridgehead atoms. The number of rotatable bonds is 14. The highest BCUT2D eigenvalue weighted by Gasteiger charge is 2.32. The van der Waals surface area contributed by atoms with Crippen molar-refractivity contribution in [2.45, 2.75) is 38.1 Å². The van der Waals surface area contributed by atoms with Crippen molar-refractivity contribution in [3.63, 3.8) is 0 Å². The van der Waals surface area contributed by atoms with E-state index in [2.05, 4.69) is 5.16 Å². The van der Waals surface area contributed by atoms with E-state index < -0.39 is 18.3 Å². The molecule has 3 aromatic rings. The van der Waals surface area contributed by atoms with Gasteiger partial charge in [0.15, 0.2) is 6.29 Å². The van der Waals surface area contributed by atoms with E-state index >= 15 is 0 Å². The molecule has 0 unspecified atom stereocenters. The smallest absolute Gasteiger partial charge is 0.151 e. The molecular formula is C27H29NO5. The Balaban J connectivity index is 1.78. The van der Waals surface area contributed by atoms with Crippen LogP contribution in [-0.2, 0) is 43.7 Å². The summed E-state index contributed by atoms with van der Waals surface area (Å²) in [5.41, 5.74) is 2.92. The molecule has 33 heavy (non-hydrogen) atoms. The van der Waals surface area contributed by atoms with Gasteiger partial charge in [-0.25, -0.2) is 0 Å². The summed E-state index contributed by atoms with van der Waals surface area (Å²) in [7, 11) is 1.45. The number of carbonyl (C=O) groups is 1. The minimum absolute atomic E-state index is 0.266. The molecule has 0 saturated heterocycles. The second-order valence-electron chi connectivity index (χ2n) is 7.36. The maximum Gasteiger partial charge on any atom is 0.151 e. The Morgan fingerprint density at radius 3 is 1.52 bits per heavy atom. The average molecular weight is 448 g/mol. The molecular weight excluding hydrogens is 418 g/mol. The largest absolute Gasteiger partial charge is 0.399 e. The number of aldehydes is 1. The van der Waals surface area contributed by atoms with Crippen LogP contribution in [0.25, 0.3) is 0 Å². The molecule has 0 aromatic heterocycles. The summed E-state index contributed by atoms with van der Waals surface area (Å²) in [6, 6.07) is 29.2. The van der Waals surface area contributed by atoms with Gasteiger partial charge in [0.25, 0.3) is 0 Å². The van der Waals surface area contributed by atoms with Crippen LogP contribution in [0.15, 0.2) is 96.2 Å². The van der Waals surface area contributed by atoms with E-state index in [1.165, 1.54) is 13.3 Å². The van der Waals surface area contributed by atoms with Crippen LogP contribution < -0.4 is 0 Å². The topological polar surface area (TPSA) is 66.3 Å². The minimum Gasteiger partial charge on any atom is -0.399 e. The molecule has 0 amide bonds. The predicted octanol–water partition coefficient (Wildman–Crippen LogP) is 4.57. The predicted molar refractivity (Wildman–Crippen MR) is 127 cm³/mol. The molecule has 0 saturated carbocycles. The number of benzene rings is 3. The van der Waals surface area contributed by atoms with E-state index in [0.717, 1.165) is 23.0 Å². The molecule has 0 radical (unpaired) electrons. The van der Waals surface area contributed by atoms with Gasteiger partial charge in [0, 0.05) is 0 Å². The molecule has 0 N–H and O–H groups in total. The summed E-state index contributed by atoms with van der Waals surface area (Å²) in [5.74, 6) is 0. The maximum atomic E-state index is 12.1. The van der Waals surface area contributed by atoms with Crippen LogP contribution in [0, 0.1) is 0 Å². The highest BCUT2D eigenvalue weighted by Crippen LogP contribution is 2.17.